The van der Waals surface area contributed by atoms with E-state index in [4.69, 9.17) is 14.0 Å². The maximum absolute atomic E-state index is 13.7. The summed E-state index contributed by atoms with van der Waals surface area (Å²) in [6, 6.07) is 2.67. The molecule has 3 heterocycles. The molecular weight excluding hydrogens is 481 g/mol. The van der Waals surface area contributed by atoms with Crippen molar-refractivity contribution in [3.8, 4) is 11.3 Å². The van der Waals surface area contributed by atoms with Gasteiger partial charge in [-0.25, -0.2) is 17.9 Å². The Labute approximate surface area is 204 Å². The Hall–Kier alpha value is -2.80. The highest BCUT2D eigenvalue weighted by molar-refractivity contribution is 5.57. The Balaban J connectivity index is 1.41. The quantitative estimate of drug-likeness (QED) is 0.468. The van der Waals surface area contributed by atoms with E-state index in [0.29, 0.717) is 18.0 Å². The minimum atomic E-state index is -1.58. The summed E-state index contributed by atoms with van der Waals surface area (Å²) in [5.74, 6) is -3.10. The number of ether oxygens (including phenoxy) is 2. The third kappa shape index (κ3) is 4.65. The lowest BCUT2D eigenvalue weighted by atomic mass is 9.90. The second-order valence-electron chi connectivity index (χ2n) is 9.32. The van der Waals surface area contributed by atoms with Crippen LogP contribution in [-0.2, 0) is 15.9 Å². The second kappa shape index (κ2) is 10.3. The van der Waals surface area contributed by atoms with E-state index in [1.165, 1.54) is 18.0 Å². The molecule has 194 valence electrons. The lowest BCUT2D eigenvalue weighted by Gasteiger charge is -2.43. The minimum absolute atomic E-state index is 0.0227. The summed E-state index contributed by atoms with van der Waals surface area (Å²) in [6.07, 6.45) is 2.54. The normalized spacial score (nSPS) is 27.1. The third-order valence-corrected chi connectivity index (χ3v) is 7.08. The fourth-order valence-electron chi connectivity index (χ4n) is 5.22. The molecule has 1 saturated heterocycles. The molecule has 1 aliphatic heterocycles. The molecule has 2 aliphatic rings. The fraction of sp³-hybridized carbons (Fsp3) is 0.542. The molecule has 0 unspecified atom stereocenters. The summed E-state index contributed by atoms with van der Waals surface area (Å²) in [7, 11) is 1.45. The van der Waals surface area contributed by atoms with Crippen molar-refractivity contribution in [2.24, 2.45) is 0 Å². The van der Waals surface area contributed by atoms with Crippen LogP contribution in [0.25, 0.3) is 11.3 Å². The highest BCUT2D eigenvalue weighted by Crippen LogP contribution is 2.36. The number of aliphatic hydroxyl groups excluding tert-OH is 2. The van der Waals surface area contributed by atoms with Crippen LogP contribution in [0.4, 0.5) is 13.2 Å². The highest BCUT2D eigenvalue weighted by atomic mass is 19.2. The minimum Gasteiger partial charge on any atom is -0.394 e. The SMILES string of the molecule is CO[C@@H]1[C@@H](n2cc(-c3cc(F)c(F)c(F)c3)nn2)[C@@H](O)[C@@H](CO)O[C@@H]1Cc1cc(C2CCCC2)on1. The molecule has 1 saturated carbocycles. The molecule has 0 radical (unpaired) electrons. The number of benzene rings is 1. The van der Waals surface area contributed by atoms with Crippen LogP contribution < -0.4 is 0 Å². The summed E-state index contributed by atoms with van der Waals surface area (Å²) in [4.78, 5) is 0. The number of aromatic nitrogens is 4. The summed E-state index contributed by atoms with van der Waals surface area (Å²) < 4.78 is 59.4. The fourth-order valence-corrected chi connectivity index (χ4v) is 5.22. The number of hydrogen-bond donors (Lipinski definition) is 2. The van der Waals surface area contributed by atoms with Crippen LogP contribution in [0.15, 0.2) is 28.9 Å². The summed E-state index contributed by atoms with van der Waals surface area (Å²) in [6.45, 7) is -0.466. The predicted molar refractivity (Wildman–Crippen MR) is 118 cm³/mol. The topological polar surface area (TPSA) is 116 Å². The molecule has 9 nitrogen and oxygen atoms in total. The smallest absolute Gasteiger partial charge is 0.194 e. The zero-order valence-corrected chi connectivity index (χ0v) is 19.6. The average Bonchev–Trinajstić information content (AvgIpc) is 3.64. The molecule has 1 aliphatic carbocycles. The van der Waals surface area contributed by atoms with Gasteiger partial charge in [-0.1, -0.05) is 23.2 Å². The molecular formula is C24H27F3N4O5. The van der Waals surface area contributed by atoms with Gasteiger partial charge < -0.3 is 24.2 Å². The molecule has 36 heavy (non-hydrogen) atoms. The molecule has 0 bridgehead atoms. The van der Waals surface area contributed by atoms with Crippen molar-refractivity contribution in [1.29, 1.82) is 0 Å². The monoisotopic (exact) mass is 508 g/mol. The van der Waals surface area contributed by atoms with Crippen LogP contribution in [0.2, 0.25) is 0 Å². The van der Waals surface area contributed by atoms with E-state index in [1.807, 2.05) is 6.07 Å². The van der Waals surface area contributed by atoms with Crippen LogP contribution in [0.1, 0.15) is 49.1 Å². The van der Waals surface area contributed by atoms with Gasteiger partial charge in [0.05, 0.1) is 24.6 Å². The van der Waals surface area contributed by atoms with Crippen molar-refractivity contribution >= 4 is 0 Å². The number of aliphatic hydroxyl groups is 2. The van der Waals surface area contributed by atoms with Gasteiger partial charge in [0, 0.05) is 31.1 Å². The van der Waals surface area contributed by atoms with Crippen molar-refractivity contribution in [3.05, 3.63) is 53.3 Å². The van der Waals surface area contributed by atoms with Crippen molar-refractivity contribution in [3.63, 3.8) is 0 Å². The Morgan fingerprint density at radius 1 is 1.11 bits per heavy atom. The lowest BCUT2D eigenvalue weighted by molar-refractivity contribution is -0.212. The standard InChI is InChI=1S/C24H27F3N4O5/c1-34-24-19(9-14-8-18(36-29-14)12-4-2-3-5-12)35-20(11-32)23(33)22(24)31-10-17(28-30-31)13-6-15(25)21(27)16(26)7-13/h6-8,10,12,19-20,22-24,32-33H,2-5,9,11H2,1H3/t19-,20-,22+,23+,24+/m1/s1. The molecule has 1 aromatic carbocycles. The van der Waals surface area contributed by atoms with Crippen LogP contribution in [0.3, 0.4) is 0 Å². The van der Waals surface area contributed by atoms with Crippen LogP contribution in [0, 0.1) is 17.5 Å². The first-order valence-corrected chi connectivity index (χ1v) is 11.9. The Kier molecular flexibility index (Phi) is 7.11. The van der Waals surface area contributed by atoms with E-state index < -0.39 is 54.5 Å². The van der Waals surface area contributed by atoms with Crippen LogP contribution in [0.5, 0.6) is 0 Å². The van der Waals surface area contributed by atoms with Gasteiger partial charge in [-0.15, -0.1) is 5.10 Å². The van der Waals surface area contributed by atoms with Gasteiger partial charge in [-0.05, 0) is 25.0 Å². The van der Waals surface area contributed by atoms with Crippen molar-refractivity contribution in [2.45, 2.75) is 68.5 Å². The molecule has 5 atom stereocenters. The first-order valence-electron chi connectivity index (χ1n) is 11.9. The molecule has 0 amide bonds. The number of hydrogen-bond acceptors (Lipinski definition) is 8. The van der Waals surface area contributed by atoms with Gasteiger partial charge in [0.1, 0.15) is 35.8 Å². The van der Waals surface area contributed by atoms with Crippen LogP contribution >= 0.6 is 0 Å². The zero-order chi connectivity index (χ0) is 25.4. The van der Waals surface area contributed by atoms with E-state index in [-0.39, 0.29) is 11.3 Å². The molecule has 5 rings (SSSR count). The van der Waals surface area contributed by atoms with Gasteiger partial charge in [0.15, 0.2) is 17.5 Å². The molecule has 0 spiro atoms. The van der Waals surface area contributed by atoms with Crippen molar-refractivity contribution in [1.82, 2.24) is 20.2 Å². The number of nitrogens with zero attached hydrogens (tertiary/aromatic N) is 4. The lowest BCUT2D eigenvalue weighted by Crippen LogP contribution is -2.57. The van der Waals surface area contributed by atoms with E-state index in [2.05, 4.69) is 15.5 Å². The number of rotatable bonds is 7. The van der Waals surface area contributed by atoms with E-state index >= 15 is 0 Å². The molecule has 2 fully saturated rings. The van der Waals surface area contributed by atoms with E-state index in [0.717, 1.165) is 43.6 Å². The largest absolute Gasteiger partial charge is 0.394 e. The van der Waals surface area contributed by atoms with Crippen molar-refractivity contribution < 1.29 is 37.4 Å². The maximum atomic E-state index is 13.7. The average molecular weight is 508 g/mol. The first-order chi connectivity index (χ1) is 17.4. The third-order valence-electron chi connectivity index (χ3n) is 7.08. The molecule has 2 aromatic heterocycles. The van der Waals surface area contributed by atoms with Gasteiger partial charge in [-0.3, -0.25) is 0 Å². The molecule has 2 N–H and O–H groups in total. The second-order valence-corrected chi connectivity index (χ2v) is 9.32. The summed E-state index contributed by atoms with van der Waals surface area (Å²) in [5.41, 5.74) is 0.703. The summed E-state index contributed by atoms with van der Waals surface area (Å²) >= 11 is 0. The van der Waals surface area contributed by atoms with Gasteiger partial charge >= 0.3 is 0 Å². The van der Waals surface area contributed by atoms with Gasteiger partial charge in [-0.2, -0.15) is 0 Å². The van der Waals surface area contributed by atoms with Gasteiger partial charge in [0.2, 0.25) is 0 Å². The number of halogens is 3. The van der Waals surface area contributed by atoms with Crippen LogP contribution in [-0.4, -0.2) is 68.5 Å². The molecule has 12 heteroatoms. The highest BCUT2D eigenvalue weighted by Gasteiger charge is 2.47. The summed E-state index contributed by atoms with van der Waals surface area (Å²) in [5, 5.41) is 33.0. The maximum Gasteiger partial charge on any atom is 0.194 e. The first kappa shape index (κ1) is 24.9. The Morgan fingerprint density at radius 2 is 1.83 bits per heavy atom. The zero-order valence-electron chi connectivity index (χ0n) is 19.6. The van der Waals surface area contributed by atoms with Crippen molar-refractivity contribution in [2.75, 3.05) is 13.7 Å². The Bertz CT molecular complexity index is 1180. The molecule has 3 aromatic rings. The van der Waals surface area contributed by atoms with E-state index in [1.54, 1.807) is 0 Å². The Morgan fingerprint density at radius 3 is 2.50 bits per heavy atom. The predicted octanol–water partition coefficient (Wildman–Crippen LogP) is 2.93. The van der Waals surface area contributed by atoms with Gasteiger partial charge in [0.25, 0.3) is 0 Å². The van der Waals surface area contributed by atoms with E-state index in [9.17, 15) is 23.4 Å². The number of methoxy groups -OCH3 is 1.